The quantitative estimate of drug-likeness (QED) is 0.0320. The fourth-order valence-corrected chi connectivity index (χ4v) is 11.9. The number of carbonyl (C=O) groups excluding carboxylic acids is 2. The van der Waals surface area contributed by atoms with E-state index in [0.717, 1.165) is 38.5 Å². The van der Waals surface area contributed by atoms with E-state index < -0.39 is 12.1 Å². The molecule has 0 aliphatic carbocycles. The Morgan fingerprint density at radius 1 is 0.338 bits per heavy atom. The van der Waals surface area contributed by atoms with E-state index in [9.17, 15) is 19.8 Å². The lowest BCUT2D eigenvalue weighted by Gasteiger charge is -2.20. The summed E-state index contributed by atoms with van der Waals surface area (Å²) in [5.41, 5.74) is 0. The SMILES string of the molecule is CCCCCCCCCCCCCCC/C=C/C(O)C(CO)NC(=O)CCCCCCCCCCCCCCCCCCCCCCCCCCCCCCCCCCCCCOC(=O)CCCCCCCCCCCCCCC. The van der Waals surface area contributed by atoms with Crippen molar-refractivity contribution < 1.29 is 24.5 Å². The lowest BCUT2D eigenvalue weighted by molar-refractivity contribution is -0.143. The van der Waals surface area contributed by atoms with Crippen molar-refractivity contribution in [2.75, 3.05) is 13.2 Å². The van der Waals surface area contributed by atoms with E-state index in [1.165, 1.54) is 360 Å². The topological polar surface area (TPSA) is 95.9 Å². The zero-order chi connectivity index (χ0) is 57.8. The zero-order valence-electron chi connectivity index (χ0n) is 54.6. The maximum atomic E-state index is 12.5. The third kappa shape index (κ3) is 65.7. The maximum Gasteiger partial charge on any atom is 0.305 e. The summed E-state index contributed by atoms with van der Waals surface area (Å²) in [7, 11) is 0. The first kappa shape index (κ1) is 78.6. The number of unbranched alkanes of at least 4 members (excludes halogenated alkanes) is 59. The molecule has 0 saturated carbocycles. The van der Waals surface area contributed by atoms with Crippen LogP contribution in [-0.4, -0.2) is 47.4 Å². The number of hydrogen-bond donors (Lipinski definition) is 3. The highest BCUT2D eigenvalue weighted by atomic mass is 16.5. The van der Waals surface area contributed by atoms with Gasteiger partial charge in [-0.05, 0) is 32.1 Å². The summed E-state index contributed by atoms with van der Waals surface area (Å²) in [4.78, 5) is 24.5. The van der Waals surface area contributed by atoms with E-state index in [1.807, 2.05) is 6.08 Å². The van der Waals surface area contributed by atoms with Gasteiger partial charge in [-0.2, -0.15) is 0 Å². The molecule has 0 aliphatic rings. The van der Waals surface area contributed by atoms with E-state index in [-0.39, 0.29) is 18.5 Å². The Morgan fingerprint density at radius 2 is 0.575 bits per heavy atom. The number of aliphatic hydroxyl groups is 2. The molecule has 0 bridgehead atoms. The summed E-state index contributed by atoms with van der Waals surface area (Å²) in [6.07, 6.45) is 87.5. The van der Waals surface area contributed by atoms with Crippen LogP contribution in [0.5, 0.6) is 0 Å². The third-order valence-corrected chi connectivity index (χ3v) is 17.6. The number of amides is 1. The van der Waals surface area contributed by atoms with Crippen molar-refractivity contribution in [2.45, 2.75) is 437 Å². The van der Waals surface area contributed by atoms with Gasteiger partial charge in [0.1, 0.15) is 0 Å². The molecule has 2 unspecified atom stereocenters. The molecule has 0 aromatic carbocycles. The van der Waals surface area contributed by atoms with Crippen LogP contribution < -0.4 is 5.32 Å². The number of allylic oxidation sites excluding steroid dienone is 1. The fourth-order valence-electron chi connectivity index (χ4n) is 11.9. The van der Waals surface area contributed by atoms with Crippen LogP contribution in [0.25, 0.3) is 0 Å². The van der Waals surface area contributed by atoms with Crippen LogP contribution in [0.15, 0.2) is 12.2 Å². The van der Waals surface area contributed by atoms with Crippen molar-refractivity contribution in [1.82, 2.24) is 5.32 Å². The maximum absolute atomic E-state index is 12.5. The highest BCUT2D eigenvalue weighted by molar-refractivity contribution is 5.76. The Bertz CT molecular complexity index is 1210. The molecule has 476 valence electrons. The largest absolute Gasteiger partial charge is 0.466 e. The minimum Gasteiger partial charge on any atom is -0.466 e. The number of hydrogen-bond acceptors (Lipinski definition) is 5. The van der Waals surface area contributed by atoms with Crippen LogP contribution in [-0.2, 0) is 14.3 Å². The van der Waals surface area contributed by atoms with Gasteiger partial charge in [-0.25, -0.2) is 0 Å². The Hall–Kier alpha value is -1.40. The predicted molar refractivity (Wildman–Crippen MR) is 352 cm³/mol. The Balaban J connectivity index is 3.31. The number of rotatable bonds is 70. The summed E-state index contributed by atoms with van der Waals surface area (Å²) in [5, 5.41) is 23.2. The molecule has 2 atom stereocenters. The molecule has 0 radical (unpaired) electrons. The van der Waals surface area contributed by atoms with Gasteiger partial charge >= 0.3 is 5.97 Å². The second-order valence-electron chi connectivity index (χ2n) is 25.6. The number of aliphatic hydroxyl groups excluding tert-OH is 2. The number of ether oxygens (including phenoxy) is 1. The molecule has 0 saturated heterocycles. The van der Waals surface area contributed by atoms with Crippen molar-refractivity contribution in [3.05, 3.63) is 12.2 Å². The van der Waals surface area contributed by atoms with Crippen LogP contribution in [0.4, 0.5) is 0 Å². The van der Waals surface area contributed by atoms with Gasteiger partial charge in [0.25, 0.3) is 0 Å². The predicted octanol–water partition coefficient (Wildman–Crippen LogP) is 23.9. The van der Waals surface area contributed by atoms with Crippen molar-refractivity contribution in [3.8, 4) is 0 Å². The zero-order valence-corrected chi connectivity index (χ0v) is 54.6. The Kier molecular flexibility index (Phi) is 68.9. The van der Waals surface area contributed by atoms with Crippen molar-refractivity contribution in [1.29, 1.82) is 0 Å². The molecule has 80 heavy (non-hydrogen) atoms. The van der Waals surface area contributed by atoms with Crippen LogP contribution in [0.2, 0.25) is 0 Å². The minimum absolute atomic E-state index is 0.0248. The second kappa shape index (κ2) is 70.1. The number of esters is 1. The first-order valence-electron chi connectivity index (χ1n) is 37.0. The van der Waals surface area contributed by atoms with E-state index in [4.69, 9.17) is 4.74 Å². The first-order chi connectivity index (χ1) is 39.5. The standard InChI is InChI=1S/C74H145NO5/c1-3-5-7-9-11-13-15-17-39-43-46-50-54-58-62-66-72(77)71(70-76)75-73(78)67-63-59-55-51-47-44-40-37-35-33-31-29-27-25-23-21-19-18-20-22-24-26-28-30-32-34-36-38-41-45-49-53-57-61-65-69-80-74(79)68-64-60-56-52-48-42-16-14-12-10-8-6-4-2/h62,66,71-72,76-77H,3-61,63-65,67-70H2,1-2H3,(H,75,78)/b66-62+. The van der Waals surface area contributed by atoms with Gasteiger partial charge in [0.15, 0.2) is 0 Å². The molecular formula is C74H145NO5. The van der Waals surface area contributed by atoms with E-state index >= 15 is 0 Å². The number of nitrogens with one attached hydrogen (secondary N) is 1. The second-order valence-corrected chi connectivity index (χ2v) is 25.6. The van der Waals surface area contributed by atoms with Crippen LogP contribution >= 0.6 is 0 Å². The molecule has 0 fully saturated rings. The highest BCUT2D eigenvalue weighted by Crippen LogP contribution is 2.20. The van der Waals surface area contributed by atoms with Crippen molar-refractivity contribution >= 4 is 11.9 Å². The summed E-state index contributed by atoms with van der Waals surface area (Å²) < 4.78 is 5.49. The average Bonchev–Trinajstić information content (AvgIpc) is 3.46. The van der Waals surface area contributed by atoms with Gasteiger partial charge in [0.2, 0.25) is 5.91 Å². The Morgan fingerprint density at radius 3 is 0.850 bits per heavy atom. The normalized spacial score (nSPS) is 12.5. The molecule has 0 aromatic heterocycles. The van der Waals surface area contributed by atoms with E-state index in [1.54, 1.807) is 6.08 Å². The van der Waals surface area contributed by atoms with Gasteiger partial charge in [-0.15, -0.1) is 0 Å². The molecule has 0 spiro atoms. The van der Waals surface area contributed by atoms with Crippen molar-refractivity contribution in [2.24, 2.45) is 0 Å². The monoisotopic (exact) mass is 1130 g/mol. The number of carbonyl (C=O) groups is 2. The highest BCUT2D eigenvalue weighted by Gasteiger charge is 2.18. The lowest BCUT2D eigenvalue weighted by atomic mass is 10.0. The van der Waals surface area contributed by atoms with E-state index in [2.05, 4.69) is 19.2 Å². The molecule has 3 N–H and O–H groups in total. The first-order valence-corrected chi connectivity index (χ1v) is 37.0. The van der Waals surface area contributed by atoms with Gasteiger partial charge < -0.3 is 20.3 Å². The van der Waals surface area contributed by atoms with Gasteiger partial charge in [-0.1, -0.05) is 392 Å². The molecule has 6 nitrogen and oxygen atoms in total. The molecular weight excluding hydrogens is 983 g/mol. The molecule has 1 amide bonds. The summed E-state index contributed by atoms with van der Waals surface area (Å²) in [5.74, 6) is -0.0347. The third-order valence-electron chi connectivity index (χ3n) is 17.6. The van der Waals surface area contributed by atoms with Gasteiger partial charge in [0, 0.05) is 12.8 Å². The van der Waals surface area contributed by atoms with Crippen LogP contribution in [0.3, 0.4) is 0 Å². The fraction of sp³-hybridized carbons (Fsp3) is 0.946. The van der Waals surface area contributed by atoms with E-state index in [0.29, 0.717) is 19.4 Å². The molecule has 0 heterocycles. The van der Waals surface area contributed by atoms with Crippen LogP contribution in [0.1, 0.15) is 425 Å². The van der Waals surface area contributed by atoms with Crippen LogP contribution in [0, 0.1) is 0 Å². The summed E-state index contributed by atoms with van der Waals surface area (Å²) in [6, 6.07) is -0.623. The minimum atomic E-state index is -0.840. The van der Waals surface area contributed by atoms with Crippen molar-refractivity contribution in [3.63, 3.8) is 0 Å². The Labute approximate surface area is 501 Å². The molecule has 0 aliphatic heterocycles. The summed E-state index contributed by atoms with van der Waals surface area (Å²) in [6.45, 7) is 4.95. The summed E-state index contributed by atoms with van der Waals surface area (Å²) >= 11 is 0. The lowest BCUT2D eigenvalue weighted by Crippen LogP contribution is -2.45. The molecule has 0 rings (SSSR count). The van der Waals surface area contributed by atoms with Gasteiger partial charge in [0.05, 0.1) is 25.4 Å². The molecule has 6 heteroatoms. The van der Waals surface area contributed by atoms with Gasteiger partial charge in [-0.3, -0.25) is 9.59 Å². The average molecular weight is 1130 g/mol. The molecule has 0 aromatic rings. The smallest absolute Gasteiger partial charge is 0.305 e.